The van der Waals surface area contributed by atoms with Crippen molar-refractivity contribution in [2.75, 3.05) is 37.7 Å². The van der Waals surface area contributed by atoms with Crippen LogP contribution in [-0.4, -0.2) is 44.7 Å². The highest BCUT2D eigenvalue weighted by atomic mass is 32.1. The molecule has 6 nitrogen and oxygen atoms in total. The SMILES string of the molecule is O=C(CNC(=O)c1cc(-c2ccccc2)c(N2CCOCC2)s1)NCc1ccccc1. The molecule has 2 amide bonds. The van der Waals surface area contributed by atoms with E-state index in [1.807, 2.05) is 66.7 Å². The molecule has 0 bridgehead atoms. The molecule has 2 aromatic carbocycles. The van der Waals surface area contributed by atoms with Crippen LogP contribution in [0.25, 0.3) is 11.1 Å². The smallest absolute Gasteiger partial charge is 0.261 e. The lowest BCUT2D eigenvalue weighted by Gasteiger charge is -2.28. The Labute approximate surface area is 185 Å². The van der Waals surface area contributed by atoms with Gasteiger partial charge in [-0.15, -0.1) is 11.3 Å². The van der Waals surface area contributed by atoms with E-state index in [4.69, 9.17) is 4.74 Å². The summed E-state index contributed by atoms with van der Waals surface area (Å²) in [6, 6.07) is 21.7. The van der Waals surface area contributed by atoms with Crippen molar-refractivity contribution in [3.63, 3.8) is 0 Å². The van der Waals surface area contributed by atoms with Gasteiger partial charge in [0.2, 0.25) is 5.91 Å². The van der Waals surface area contributed by atoms with Crippen LogP contribution in [0, 0.1) is 0 Å². The molecule has 1 aromatic heterocycles. The van der Waals surface area contributed by atoms with E-state index in [1.165, 1.54) is 11.3 Å². The third kappa shape index (κ3) is 5.51. The summed E-state index contributed by atoms with van der Waals surface area (Å²) in [5.41, 5.74) is 3.12. The molecule has 0 saturated carbocycles. The van der Waals surface area contributed by atoms with Gasteiger partial charge in [-0.1, -0.05) is 60.7 Å². The van der Waals surface area contributed by atoms with Gasteiger partial charge in [-0.2, -0.15) is 0 Å². The van der Waals surface area contributed by atoms with Crippen LogP contribution < -0.4 is 15.5 Å². The lowest BCUT2D eigenvalue weighted by molar-refractivity contribution is -0.120. The second kappa shape index (κ2) is 10.2. The normalized spacial score (nSPS) is 13.6. The Morgan fingerprint density at radius 2 is 1.61 bits per heavy atom. The van der Waals surface area contributed by atoms with Crippen LogP contribution in [0.15, 0.2) is 66.7 Å². The Morgan fingerprint density at radius 3 is 2.32 bits per heavy atom. The van der Waals surface area contributed by atoms with Gasteiger partial charge in [-0.3, -0.25) is 9.59 Å². The number of amides is 2. The van der Waals surface area contributed by atoms with Crippen molar-refractivity contribution in [3.8, 4) is 11.1 Å². The van der Waals surface area contributed by atoms with Gasteiger partial charge < -0.3 is 20.3 Å². The van der Waals surface area contributed by atoms with E-state index in [9.17, 15) is 9.59 Å². The number of carbonyl (C=O) groups excluding carboxylic acids is 2. The molecule has 4 rings (SSSR count). The predicted molar refractivity (Wildman–Crippen MR) is 123 cm³/mol. The van der Waals surface area contributed by atoms with Crippen molar-refractivity contribution in [2.24, 2.45) is 0 Å². The molecular formula is C24H25N3O3S. The van der Waals surface area contributed by atoms with Crippen LogP contribution in [0.2, 0.25) is 0 Å². The molecule has 1 aliphatic heterocycles. The molecule has 2 heterocycles. The molecular weight excluding hydrogens is 410 g/mol. The first-order valence-corrected chi connectivity index (χ1v) is 11.1. The summed E-state index contributed by atoms with van der Waals surface area (Å²) in [6.45, 7) is 3.32. The molecule has 1 saturated heterocycles. The number of carbonyl (C=O) groups is 2. The van der Waals surface area contributed by atoms with Crippen LogP contribution in [0.4, 0.5) is 5.00 Å². The largest absolute Gasteiger partial charge is 0.378 e. The number of hydrogen-bond donors (Lipinski definition) is 2. The van der Waals surface area contributed by atoms with E-state index in [1.54, 1.807) is 0 Å². The highest BCUT2D eigenvalue weighted by molar-refractivity contribution is 7.18. The lowest BCUT2D eigenvalue weighted by atomic mass is 10.1. The van der Waals surface area contributed by atoms with Crippen molar-refractivity contribution in [1.29, 1.82) is 0 Å². The molecule has 0 radical (unpaired) electrons. The average Bonchev–Trinajstić information content (AvgIpc) is 3.29. The summed E-state index contributed by atoms with van der Waals surface area (Å²) >= 11 is 1.46. The first-order chi connectivity index (χ1) is 15.2. The summed E-state index contributed by atoms with van der Waals surface area (Å²) in [4.78, 5) is 27.8. The molecule has 1 aliphatic rings. The molecule has 160 valence electrons. The van der Waals surface area contributed by atoms with Crippen LogP contribution in [0.1, 0.15) is 15.2 Å². The van der Waals surface area contributed by atoms with Gasteiger partial charge in [-0.25, -0.2) is 0 Å². The maximum Gasteiger partial charge on any atom is 0.261 e. The van der Waals surface area contributed by atoms with Crippen LogP contribution in [-0.2, 0) is 16.1 Å². The summed E-state index contributed by atoms with van der Waals surface area (Å²) in [5, 5.41) is 6.64. The highest BCUT2D eigenvalue weighted by Crippen LogP contribution is 2.39. The summed E-state index contributed by atoms with van der Waals surface area (Å²) in [5.74, 6) is -0.456. The minimum absolute atomic E-state index is 0.0584. The molecule has 0 spiro atoms. The zero-order valence-electron chi connectivity index (χ0n) is 17.2. The number of nitrogens with zero attached hydrogens (tertiary/aromatic N) is 1. The fraction of sp³-hybridized carbons (Fsp3) is 0.250. The third-order valence-electron chi connectivity index (χ3n) is 5.06. The number of rotatable bonds is 7. The second-order valence-electron chi connectivity index (χ2n) is 7.24. The van der Waals surface area contributed by atoms with Crippen LogP contribution in [0.5, 0.6) is 0 Å². The Balaban J connectivity index is 1.42. The predicted octanol–water partition coefficient (Wildman–Crippen LogP) is 3.30. The maximum absolute atomic E-state index is 12.8. The second-order valence-corrected chi connectivity index (χ2v) is 8.27. The molecule has 7 heteroatoms. The van der Waals surface area contributed by atoms with Gasteiger partial charge in [0.25, 0.3) is 5.91 Å². The van der Waals surface area contributed by atoms with Gasteiger partial charge >= 0.3 is 0 Å². The molecule has 31 heavy (non-hydrogen) atoms. The summed E-state index contributed by atoms with van der Waals surface area (Å²) in [7, 11) is 0. The number of nitrogens with one attached hydrogen (secondary N) is 2. The van der Waals surface area contributed by atoms with Crippen molar-refractivity contribution < 1.29 is 14.3 Å². The van der Waals surface area contributed by atoms with Gasteiger partial charge in [0, 0.05) is 25.2 Å². The van der Waals surface area contributed by atoms with E-state index in [0.29, 0.717) is 24.6 Å². The Bertz CT molecular complexity index is 1020. The van der Waals surface area contributed by atoms with Gasteiger partial charge in [0.05, 0.1) is 29.6 Å². The average molecular weight is 436 g/mol. The molecule has 0 unspecified atom stereocenters. The standard InChI is InChI=1S/C24H25N3O3S/c28-22(25-16-18-7-3-1-4-8-18)17-26-23(29)21-15-20(19-9-5-2-6-10-19)24(31-21)27-11-13-30-14-12-27/h1-10,15H,11-14,16-17H2,(H,25,28)(H,26,29). The highest BCUT2D eigenvalue weighted by Gasteiger charge is 2.22. The zero-order chi connectivity index (χ0) is 21.5. The maximum atomic E-state index is 12.8. The Kier molecular flexibility index (Phi) is 6.96. The quantitative estimate of drug-likeness (QED) is 0.598. The fourth-order valence-electron chi connectivity index (χ4n) is 3.43. The van der Waals surface area contributed by atoms with Gasteiger partial charge in [-0.05, 0) is 17.2 Å². The molecule has 1 fully saturated rings. The minimum Gasteiger partial charge on any atom is -0.378 e. The number of morpholine rings is 1. The zero-order valence-corrected chi connectivity index (χ0v) is 18.0. The topological polar surface area (TPSA) is 70.7 Å². The minimum atomic E-state index is -0.239. The first kappa shape index (κ1) is 21.1. The molecule has 3 aromatic rings. The van der Waals surface area contributed by atoms with Crippen LogP contribution >= 0.6 is 11.3 Å². The van der Waals surface area contributed by atoms with Crippen molar-refractivity contribution in [1.82, 2.24) is 10.6 Å². The van der Waals surface area contributed by atoms with E-state index in [-0.39, 0.29) is 18.4 Å². The Morgan fingerprint density at radius 1 is 0.935 bits per heavy atom. The van der Waals surface area contributed by atoms with Crippen molar-refractivity contribution in [2.45, 2.75) is 6.54 Å². The number of hydrogen-bond acceptors (Lipinski definition) is 5. The third-order valence-corrected chi connectivity index (χ3v) is 6.26. The number of thiophene rings is 1. The summed E-state index contributed by atoms with van der Waals surface area (Å²) < 4.78 is 5.48. The number of anilines is 1. The lowest BCUT2D eigenvalue weighted by Crippen LogP contribution is -2.36. The molecule has 0 atom stereocenters. The Hall–Kier alpha value is -3.16. The van der Waals surface area contributed by atoms with Crippen LogP contribution in [0.3, 0.4) is 0 Å². The summed E-state index contributed by atoms with van der Waals surface area (Å²) in [6.07, 6.45) is 0. The fourth-order valence-corrected chi connectivity index (χ4v) is 4.57. The van der Waals surface area contributed by atoms with Gasteiger partial charge in [0.1, 0.15) is 0 Å². The van der Waals surface area contributed by atoms with Gasteiger partial charge in [0.15, 0.2) is 0 Å². The molecule has 2 N–H and O–H groups in total. The number of benzene rings is 2. The number of ether oxygens (including phenoxy) is 1. The first-order valence-electron chi connectivity index (χ1n) is 10.3. The van der Waals surface area contributed by atoms with E-state index < -0.39 is 0 Å². The van der Waals surface area contributed by atoms with Crippen molar-refractivity contribution in [3.05, 3.63) is 77.2 Å². The molecule has 0 aliphatic carbocycles. The van der Waals surface area contributed by atoms with E-state index >= 15 is 0 Å². The van der Waals surface area contributed by atoms with E-state index in [2.05, 4.69) is 15.5 Å². The monoisotopic (exact) mass is 435 g/mol. The van der Waals surface area contributed by atoms with Crippen molar-refractivity contribution >= 4 is 28.2 Å². The van der Waals surface area contributed by atoms with E-state index in [0.717, 1.165) is 34.8 Å².